The van der Waals surface area contributed by atoms with Crippen LogP contribution in [0.4, 0.5) is 5.69 Å². The number of amides is 1. The van der Waals surface area contributed by atoms with E-state index in [-0.39, 0.29) is 11.4 Å². The van der Waals surface area contributed by atoms with E-state index in [0.29, 0.717) is 6.42 Å². The molecule has 1 saturated heterocycles. The van der Waals surface area contributed by atoms with Gasteiger partial charge >= 0.3 is 0 Å². The van der Waals surface area contributed by atoms with Gasteiger partial charge in [0, 0.05) is 42.1 Å². The van der Waals surface area contributed by atoms with Crippen molar-refractivity contribution in [2.75, 3.05) is 18.4 Å². The van der Waals surface area contributed by atoms with Crippen LogP contribution < -0.4 is 5.32 Å². The lowest BCUT2D eigenvalue weighted by Crippen LogP contribution is -2.51. The van der Waals surface area contributed by atoms with Crippen LogP contribution in [0.2, 0.25) is 0 Å². The third kappa shape index (κ3) is 2.58. The van der Waals surface area contributed by atoms with Gasteiger partial charge in [-0.25, -0.2) is 0 Å². The van der Waals surface area contributed by atoms with Crippen molar-refractivity contribution in [3.05, 3.63) is 84.3 Å². The van der Waals surface area contributed by atoms with Gasteiger partial charge in [0.2, 0.25) is 5.91 Å². The summed E-state index contributed by atoms with van der Waals surface area (Å²) in [6.07, 6.45) is 6.38. The largest absolute Gasteiger partial charge is 0.372 e. The Hall–Kier alpha value is -3.47. The number of carbonyl (C=O) groups excluding carboxylic acids is 1. The Balaban J connectivity index is 1.22. The summed E-state index contributed by atoms with van der Waals surface area (Å²) in [7, 11) is 0. The van der Waals surface area contributed by atoms with Gasteiger partial charge in [0.15, 0.2) is 0 Å². The van der Waals surface area contributed by atoms with E-state index in [2.05, 4.69) is 69.6 Å². The number of aromatic amines is 1. The minimum atomic E-state index is -0.116. The molecule has 0 aliphatic carbocycles. The van der Waals surface area contributed by atoms with Gasteiger partial charge in [-0.3, -0.25) is 4.79 Å². The van der Waals surface area contributed by atoms with Crippen molar-refractivity contribution >= 4 is 22.5 Å². The fourth-order valence-electron chi connectivity index (χ4n) is 5.16. The van der Waals surface area contributed by atoms with Crippen LogP contribution in [0.15, 0.2) is 73.1 Å². The molecule has 2 aromatic heterocycles. The number of nitrogens with zero attached hydrogens (tertiary/aromatic N) is 2. The van der Waals surface area contributed by atoms with Gasteiger partial charge in [-0.15, -0.1) is 0 Å². The summed E-state index contributed by atoms with van der Waals surface area (Å²) in [5.74, 6) is 0.209. The Morgan fingerprint density at radius 2 is 1.77 bits per heavy atom. The summed E-state index contributed by atoms with van der Waals surface area (Å²) in [4.78, 5) is 18.4. The zero-order valence-electron chi connectivity index (χ0n) is 16.8. The molecule has 5 heteroatoms. The monoisotopic (exact) mass is 396 g/mol. The first-order chi connectivity index (χ1) is 14.7. The molecule has 0 saturated carbocycles. The van der Waals surface area contributed by atoms with E-state index in [1.807, 2.05) is 23.2 Å². The second kappa shape index (κ2) is 6.52. The Labute approximate surface area is 175 Å². The maximum absolute atomic E-state index is 13.1. The van der Waals surface area contributed by atoms with Crippen molar-refractivity contribution in [3.8, 4) is 5.69 Å². The quantitative estimate of drug-likeness (QED) is 0.526. The number of benzene rings is 2. The number of aromatic nitrogens is 2. The minimum absolute atomic E-state index is 0.116. The number of para-hydroxylation sites is 3. The number of fused-ring (bicyclic) bond motifs is 5. The molecule has 4 aromatic rings. The Morgan fingerprint density at radius 1 is 0.967 bits per heavy atom. The molecule has 1 fully saturated rings. The summed E-state index contributed by atoms with van der Waals surface area (Å²) in [6.45, 7) is 1.53. The third-order valence-corrected chi connectivity index (χ3v) is 6.76. The first kappa shape index (κ1) is 17.4. The molecule has 6 rings (SSSR count). The molecule has 5 nitrogen and oxygen atoms in total. The number of hydrogen-bond acceptors (Lipinski definition) is 2. The predicted molar refractivity (Wildman–Crippen MR) is 119 cm³/mol. The maximum Gasteiger partial charge on any atom is 0.227 e. The lowest BCUT2D eigenvalue weighted by Gasteiger charge is -2.46. The lowest BCUT2D eigenvalue weighted by atomic mass is 9.82. The lowest BCUT2D eigenvalue weighted by molar-refractivity contribution is -0.132. The number of anilines is 1. The standard InChI is InChI=1S/C25H24N4O/c30-24(16-18-17-26-20-7-2-1-6-19(18)20)28-14-11-25(12-15-28)23-10-5-13-29(23)22-9-4-3-8-21(22)27-25/h1-10,13,17,26-27H,11-12,14-16H2. The normalized spacial score (nSPS) is 16.9. The van der Waals surface area contributed by atoms with Gasteiger partial charge in [-0.1, -0.05) is 30.3 Å². The van der Waals surface area contributed by atoms with Gasteiger partial charge < -0.3 is 19.8 Å². The van der Waals surface area contributed by atoms with Crippen LogP contribution in [0.1, 0.15) is 24.1 Å². The van der Waals surface area contributed by atoms with E-state index in [4.69, 9.17) is 0 Å². The summed E-state index contributed by atoms with van der Waals surface area (Å²) in [5, 5.41) is 4.96. The van der Waals surface area contributed by atoms with Crippen LogP contribution in [0.3, 0.4) is 0 Å². The molecule has 1 spiro atoms. The maximum atomic E-state index is 13.1. The number of hydrogen-bond donors (Lipinski definition) is 2. The number of carbonyl (C=O) groups is 1. The summed E-state index contributed by atoms with van der Waals surface area (Å²) >= 11 is 0. The molecule has 0 unspecified atom stereocenters. The van der Waals surface area contributed by atoms with Crippen molar-refractivity contribution in [1.82, 2.24) is 14.5 Å². The third-order valence-electron chi connectivity index (χ3n) is 6.76. The van der Waals surface area contributed by atoms with Crippen molar-refractivity contribution in [3.63, 3.8) is 0 Å². The fraction of sp³-hybridized carbons (Fsp3) is 0.240. The average Bonchev–Trinajstić information content (AvgIpc) is 3.43. The molecule has 0 radical (unpaired) electrons. The van der Waals surface area contributed by atoms with Crippen LogP contribution in [0, 0.1) is 0 Å². The van der Waals surface area contributed by atoms with E-state index in [1.165, 1.54) is 17.1 Å². The molecule has 2 aliphatic rings. The number of rotatable bonds is 2. The molecule has 2 aromatic carbocycles. The second-order valence-electron chi connectivity index (χ2n) is 8.40. The van der Waals surface area contributed by atoms with Gasteiger partial charge in [0.1, 0.15) is 0 Å². The molecule has 150 valence electrons. The van der Waals surface area contributed by atoms with Gasteiger partial charge in [-0.05, 0) is 48.7 Å². The first-order valence-electron chi connectivity index (χ1n) is 10.6. The number of likely N-dealkylation sites (tertiary alicyclic amines) is 1. The highest BCUT2D eigenvalue weighted by Gasteiger charge is 2.42. The summed E-state index contributed by atoms with van der Waals surface area (Å²) in [5.41, 5.74) is 5.71. The highest BCUT2D eigenvalue weighted by atomic mass is 16.2. The van der Waals surface area contributed by atoms with Crippen LogP contribution in [-0.4, -0.2) is 33.4 Å². The van der Waals surface area contributed by atoms with Crippen LogP contribution in [-0.2, 0) is 16.8 Å². The molecular formula is C25H24N4O. The van der Waals surface area contributed by atoms with Gasteiger partial charge in [0.05, 0.1) is 23.3 Å². The van der Waals surface area contributed by atoms with Crippen LogP contribution >= 0.6 is 0 Å². The molecule has 4 heterocycles. The molecule has 2 aliphatic heterocycles. The average molecular weight is 396 g/mol. The molecular weight excluding hydrogens is 372 g/mol. The van der Waals surface area contributed by atoms with Gasteiger partial charge in [-0.2, -0.15) is 0 Å². The van der Waals surface area contributed by atoms with Crippen LogP contribution in [0.5, 0.6) is 0 Å². The van der Waals surface area contributed by atoms with E-state index in [1.54, 1.807) is 0 Å². The van der Waals surface area contributed by atoms with Crippen molar-refractivity contribution < 1.29 is 4.79 Å². The first-order valence-corrected chi connectivity index (χ1v) is 10.6. The van der Waals surface area contributed by atoms with Crippen molar-refractivity contribution in [2.24, 2.45) is 0 Å². The highest BCUT2D eigenvalue weighted by molar-refractivity contribution is 5.89. The number of nitrogens with one attached hydrogen (secondary N) is 2. The summed E-state index contributed by atoms with van der Waals surface area (Å²) in [6, 6.07) is 21.0. The Bertz CT molecular complexity index is 1240. The van der Waals surface area contributed by atoms with Crippen LogP contribution in [0.25, 0.3) is 16.6 Å². The molecule has 30 heavy (non-hydrogen) atoms. The molecule has 2 N–H and O–H groups in total. The second-order valence-corrected chi connectivity index (χ2v) is 8.40. The molecule has 0 atom stereocenters. The summed E-state index contributed by atoms with van der Waals surface area (Å²) < 4.78 is 2.30. The predicted octanol–water partition coefficient (Wildman–Crippen LogP) is 4.44. The fourth-order valence-corrected chi connectivity index (χ4v) is 5.16. The van der Waals surface area contributed by atoms with Crippen molar-refractivity contribution in [1.29, 1.82) is 0 Å². The topological polar surface area (TPSA) is 53.1 Å². The van der Waals surface area contributed by atoms with E-state index in [0.717, 1.165) is 42.4 Å². The Morgan fingerprint density at radius 3 is 2.67 bits per heavy atom. The number of H-pyrrole nitrogens is 1. The van der Waals surface area contributed by atoms with Crippen molar-refractivity contribution in [2.45, 2.75) is 24.8 Å². The zero-order valence-corrected chi connectivity index (χ0v) is 16.8. The van der Waals surface area contributed by atoms with Gasteiger partial charge in [0.25, 0.3) is 0 Å². The zero-order chi connectivity index (χ0) is 20.1. The minimum Gasteiger partial charge on any atom is -0.372 e. The molecule has 0 bridgehead atoms. The smallest absolute Gasteiger partial charge is 0.227 e. The highest BCUT2D eigenvalue weighted by Crippen LogP contribution is 2.43. The molecule has 1 amide bonds. The van der Waals surface area contributed by atoms with E-state index >= 15 is 0 Å². The van der Waals surface area contributed by atoms with E-state index in [9.17, 15) is 4.79 Å². The Kier molecular flexibility index (Phi) is 3.78. The SMILES string of the molecule is O=C(Cc1c[nH]c2ccccc12)N1CCC2(CC1)Nc1ccccc1-n1cccc12. The number of piperidine rings is 1. The van der Waals surface area contributed by atoms with E-state index < -0.39 is 0 Å².